The second-order valence-electron chi connectivity index (χ2n) is 8.35. The van der Waals surface area contributed by atoms with E-state index in [9.17, 15) is 18.0 Å². The third-order valence-corrected chi connectivity index (χ3v) is 6.10. The number of benzene rings is 1. The second-order valence-corrected chi connectivity index (χ2v) is 8.35. The highest BCUT2D eigenvalue weighted by atomic mass is 19.4. The maximum absolute atomic E-state index is 12.8. The van der Waals surface area contributed by atoms with Gasteiger partial charge >= 0.3 is 6.18 Å². The molecule has 7 nitrogen and oxygen atoms in total. The lowest BCUT2D eigenvalue weighted by atomic mass is 9.79. The van der Waals surface area contributed by atoms with Gasteiger partial charge in [0, 0.05) is 29.6 Å². The predicted octanol–water partition coefficient (Wildman–Crippen LogP) is 3.47. The molecule has 1 aromatic carbocycles. The van der Waals surface area contributed by atoms with Gasteiger partial charge in [-0.05, 0) is 57.6 Å². The Morgan fingerprint density at radius 3 is 2.45 bits per heavy atom. The Labute approximate surface area is 178 Å². The predicted molar refractivity (Wildman–Crippen MR) is 112 cm³/mol. The molecule has 1 amide bonds. The number of nitrogens with one attached hydrogen (secondary N) is 1. The Morgan fingerprint density at radius 1 is 1.23 bits per heavy atom. The van der Waals surface area contributed by atoms with Crippen LogP contribution in [0.4, 0.5) is 24.7 Å². The van der Waals surface area contributed by atoms with Crippen molar-refractivity contribution in [1.82, 2.24) is 14.7 Å². The number of nitrogens with zero attached hydrogens (tertiary/aromatic N) is 4. The van der Waals surface area contributed by atoms with Gasteiger partial charge in [0.2, 0.25) is 0 Å². The SMILES string of the molecule is CN(C)C1CCC(n2cc(C(N)=O)c(Nc3ccc(C(F)(F)F)cc3)n2)C(C2=NC2)C1. The first kappa shape index (κ1) is 21.4. The lowest BCUT2D eigenvalue weighted by Crippen LogP contribution is -2.39. The van der Waals surface area contributed by atoms with Gasteiger partial charge in [-0.15, -0.1) is 0 Å². The number of aromatic nitrogens is 2. The summed E-state index contributed by atoms with van der Waals surface area (Å²) in [5.41, 5.74) is 6.56. The summed E-state index contributed by atoms with van der Waals surface area (Å²) in [6.07, 6.45) is 0.0563. The number of rotatable bonds is 6. The molecule has 0 bridgehead atoms. The summed E-state index contributed by atoms with van der Waals surface area (Å²) in [6.45, 7) is 0.766. The number of amides is 1. The van der Waals surface area contributed by atoms with Crippen molar-refractivity contribution < 1.29 is 18.0 Å². The Hall–Kier alpha value is -2.88. The zero-order valence-electron chi connectivity index (χ0n) is 17.4. The smallest absolute Gasteiger partial charge is 0.365 e. The lowest BCUT2D eigenvalue weighted by molar-refractivity contribution is -0.137. The molecule has 3 N–H and O–H groups in total. The van der Waals surface area contributed by atoms with Crippen LogP contribution in [0.1, 0.15) is 41.2 Å². The van der Waals surface area contributed by atoms with Gasteiger partial charge in [-0.25, -0.2) is 0 Å². The number of carbonyl (C=O) groups excluding carboxylic acids is 1. The normalized spacial score (nSPS) is 23.5. The van der Waals surface area contributed by atoms with E-state index in [1.54, 1.807) is 10.9 Å². The van der Waals surface area contributed by atoms with Crippen molar-refractivity contribution in [1.29, 1.82) is 0 Å². The molecule has 0 radical (unpaired) electrons. The van der Waals surface area contributed by atoms with Crippen molar-refractivity contribution in [3.8, 4) is 0 Å². The summed E-state index contributed by atoms with van der Waals surface area (Å²) in [4.78, 5) is 18.6. The second kappa shape index (κ2) is 7.99. The Morgan fingerprint density at radius 2 is 1.90 bits per heavy atom. The van der Waals surface area contributed by atoms with Crippen LogP contribution in [0.15, 0.2) is 35.5 Å². The van der Waals surface area contributed by atoms with E-state index < -0.39 is 17.6 Å². The molecular weight excluding hydrogens is 409 g/mol. The van der Waals surface area contributed by atoms with E-state index in [0.717, 1.165) is 37.9 Å². The van der Waals surface area contributed by atoms with Crippen LogP contribution >= 0.6 is 0 Å². The molecule has 4 rings (SSSR count). The zero-order valence-corrected chi connectivity index (χ0v) is 17.4. The van der Waals surface area contributed by atoms with Crippen molar-refractivity contribution in [3.63, 3.8) is 0 Å². The number of carbonyl (C=O) groups is 1. The average Bonchev–Trinajstić information content (AvgIpc) is 3.47. The molecule has 10 heteroatoms. The standard InChI is InChI=1S/C21H25F3N6O/c1-29(2)14-7-8-18(15(9-14)17-10-26-17)30-11-16(19(25)31)20(28-30)27-13-5-3-12(4-6-13)21(22,23)24/h3-6,11,14-15,18H,7-10H2,1-2H3,(H2,25,31)(H,27,28). The molecule has 1 saturated carbocycles. The lowest BCUT2D eigenvalue weighted by Gasteiger charge is -2.37. The maximum Gasteiger partial charge on any atom is 0.416 e. The third kappa shape index (κ3) is 4.58. The number of anilines is 2. The topological polar surface area (TPSA) is 88.5 Å². The first-order valence-electron chi connectivity index (χ1n) is 10.2. The molecule has 31 heavy (non-hydrogen) atoms. The highest BCUT2D eigenvalue weighted by molar-refractivity contribution is 5.99. The van der Waals surface area contributed by atoms with Crippen LogP contribution < -0.4 is 11.1 Å². The fourth-order valence-corrected chi connectivity index (χ4v) is 4.27. The van der Waals surface area contributed by atoms with Crippen molar-refractivity contribution in [3.05, 3.63) is 41.6 Å². The number of aliphatic imine (C=N–C) groups is 1. The first-order valence-corrected chi connectivity index (χ1v) is 10.2. The summed E-state index contributed by atoms with van der Waals surface area (Å²) >= 11 is 0. The third-order valence-electron chi connectivity index (χ3n) is 6.10. The molecule has 2 aliphatic rings. The Kier molecular flexibility index (Phi) is 5.50. The molecule has 1 aliphatic heterocycles. The van der Waals surface area contributed by atoms with E-state index in [-0.39, 0.29) is 23.3 Å². The first-order chi connectivity index (χ1) is 14.6. The highest BCUT2D eigenvalue weighted by Crippen LogP contribution is 2.39. The monoisotopic (exact) mass is 434 g/mol. The van der Waals surface area contributed by atoms with Crippen molar-refractivity contribution >= 4 is 23.1 Å². The molecule has 0 saturated heterocycles. The van der Waals surface area contributed by atoms with Crippen LogP contribution in [0, 0.1) is 5.92 Å². The van der Waals surface area contributed by atoms with Crippen molar-refractivity contribution in [2.45, 2.75) is 37.5 Å². The summed E-state index contributed by atoms with van der Waals surface area (Å²) in [5.74, 6) is -0.179. The van der Waals surface area contributed by atoms with Crippen LogP contribution in [0.25, 0.3) is 0 Å². The number of primary amides is 1. The number of halogens is 3. The molecule has 3 atom stereocenters. The zero-order chi connectivity index (χ0) is 22.3. The van der Waals surface area contributed by atoms with Gasteiger partial charge < -0.3 is 16.0 Å². The number of nitrogens with two attached hydrogens (primary N) is 1. The number of alkyl halides is 3. The fourth-order valence-electron chi connectivity index (χ4n) is 4.27. The van der Waals surface area contributed by atoms with E-state index in [1.807, 2.05) is 0 Å². The van der Waals surface area contributed by atoms with E-state index in [1.165, 1.54) is 17.8 Å². The van der Waals surface area contributed by atoms with Crippen molar-refractivity contribution in [2.24, 2.45) is 16.6 Å². The van der Waals surface area contributed by atoms with Gasteiger partial charge in [-0.3, -0.25) is 14.5 Å². The molecule has 2 aromatic rings. The summed E-state index contributed by atoms with van der Waals surface area (Å²) in [7, 11) is 4.14. The molecule has 1 aromatic heterocycles. The van der Waals surface area contributed by atoms with E-state index in [2.05, 4.69) is 34.4 Å². The molecule has 166 valence electrons. The maximum atomic E-state index is 12.8. The van der Waals surface area contributed by atoms with Crippen molar-refractivity contribution in [2.75, 3.05) is 26.0 Å². The average molecular weight is 434 g/mol. The number of hydrogen-bond donors (Lipinski definition) is 2. The van der Waals surface area contributed by atoms with Crippen LogP contribution in [0.3, 0.4) is 0 Å². The van der Waals surface area contributed by atoms with E-state index in [0.29, 0.717) is 11.7 Å². The molecule has 2 heterocycles. The molecule has 3 unspecified atom stereocenters. The highest BCUT2D eigenvalue weighted by Gasteiger charge is 2.39. The number of hydrogen-bond acceptors (Lipinski definition) is 5. The van der Waals surface area contributed by atoms with Gasteiger partial charge in [0.05, 0.1) is 18.2 Å². The minimum atomic E-state index is -4.41. The molecule has 1 aliphatic carbocycles. The van der Waals surface area contributed by atoms with Gasteiger partial charge in [-0.1, -0.05) is 0 Å². The van der Waals surface area contributed by atoms with Gasteiger partial charge in [0.25, 0.3) is 5.91 Å². The largest absolute Gasteiger partial charge is 0.416 e. The summed E-state index contributed by atoms with van der Waals surface area (Å²) in [5, 5.41) is 7.51. The van der Waals surface area contributed by atoms with Crippen LogP contribution in [-0.4, -0.2) is 53.0 Å². The van der Waals surface area contributed by atoms with E-state index >= 15 is 0 Å². The van der Waals surface area contributed by atoms with Gasteiger partial charge in [0.1, 0.15) is 5.56 Å². The molecular formula is C21H25F3N6O. The Balaban J connectivity index is 1.59. The van der Waals surface area contributed by atoms with Gasteiger partial charge in [-0.2, -0.15) is 18.3 Å². The Bertz CT molecular complexity index is 996. The molecule has 1 fully saturated rings. The minimum absolute atomic E-state index is 0.0544. The summed E-state index contributed by atoms with van der Waals surface area (Å²) in [6, 6.07) is 5.08. The quantitative estimate of drug-likeness (QED) is 0.729. The molecule has 0 spiro atoms. The fraction of sp³-hybridized carbons (Fsp3) is 0.476. The van der Waals surface area contributed by atoms with Crippen LogP contribution in [0.2, 0.25) is 0 Å². The van der Waals surface area contributed by atoms with Crippen LogP contribution in [0.5, 0.6) is 0 Å². The van der Waals surface area contributed by atoms with Gasteiger partial charge in [0.15, 0.2) is 5.82 Å². The minimum Gasteiger partial charge on any atom is -0.365 e. The van der Waals surface area contributed by atoms with E-state index in [4.69, 9.17) is 5.73 Å². The van der Waals surface area contributed by atoms with Crippen LogP contribution in [-0.2, 0) is 6.18 Å². The summed E-state index contributed by atoms with van der Waals surface area (Å²) < 4.78 is 40.2.